The number of alkyl halides is 1. The van der Waals surface area contributed by atoms with Gasteiger partial charge < -0.3 is 0 Å². The number of hydrogen-bond donors (Lipinski definition) is 0. The van der Waals surface area contributed by atoms with Gasteiger partial charge in [-0.3, -0.25) is 0 Å². The molecule has 38 valence electrons. The zero-order valence-corrected chi connectivity index (χ0v) is 8.38. The molecule has 6 heavy (non-hydrogen) atoms. The van der Waals surface area contributed by atoms with E-state index in [-0.39, 0.29) is 9.52 Å². The molecule has 0 fully saturated rings. The van der Waals surface area contributed by atoms with Crippen molar-refractivity contribution in [3.05, 3.63) is 0 Å². The van der Waals surface area contributed by atoms with Crippen LogP contribution >= 0.6 is 11.6 Å². The van der Waals surface area contributed by atoms with Gasteiger partial charge in [-0.05, 0) is 0 Å². The molecule has 0 aromatic carbocycles. The van der Waals surface area contributed by atoms with Gasteiger partial charge in [-0.15, -0.1) is 11.6 Å². The zero-order valence-electron chi connectivity index (χ0n) is 4.21. The van der Waals surface area contributed by atoms with E-state index in [0.717, 1.165) is 5.50 Å². The molecule has 0 aliphatic carbocycles. The fraction of sp³-hybridized carbons (Fsp3) is 1.00. The molecule has 3 heteroatoms. The molecule has 0 amide bonds. The first-order chi connectivity index (χ1) is 2.91. The Labute approximate surface area is 49.5 Å². The first-order valence-corrected chi connectivity index (χ1v) is 6.42. The summed E-state index contributed by atoms with van der Waals surface area (Å²) in [6, 6.07) is 2.95. The van der Waals surface area contributed by atoms with E-state index >= 15 is 0 Å². The van der Waals surface area contributed by atoms with Crippen LogP contribution in [-0.2, 0) is 0 Å². The topological polar surface area (TPSA) is 0 Å². The van der Waals surface area contributed by atoms with Crippen LogP contribution in [0.4, 0.5) is 0 Å². The van der Waals surface area contributed by atoms with Crippen LogP contribution in [0.1, 0.15) is 0 Å². The fourth-order valence-electron chi connectivity index (χ4n) is 0.344. The van der Waals surface area contributed by atoms with Gasteiger partial charge in [0, 0.05) is 25.3 Å². The van der Waals surface area contributed by atoms with Crippen molar-refractivity contribution in [2.45, 2.75) is 12.1 Å². The molecule has 0 atom stereocenters. The molecule has 0 bridgehead atoms. The SMILES string of the molecule is [SiH3]CC[SiH2]CCl. The Kier molecular flexibility index (Phi) is 6.41. The highest BCUT2D eigenvalue weighted by Gasteiger charge is 1.78. The largest absolute Gasteiger partial charge is 0.131 e. The van der Waals surface area contributed by atoms with Gasteiger partial charge in [-0.2, -0.15) is 0 Å². The average Bonchev–Trinajstić information content (AvgIpc) is 1.61. The van der Waals surface area contributed by atoms with E-state index in [2.05, 4.69) is 0 Å². The minimum absolute atomic E-state index is 0.222. The van der Waals surface area contributed by atoms with Gasteiger partial charge in [-0.25, -0.2) is 0 Å². The van der Waals surface area contributed by atoms with E-state index in [1.165, 1.54) is 22.3 Å². The summed E-state index contributed by atoms with van der Waals surface area (Å²) < 4.78 is 0. The average molecular weight is 139 g/mol. The highest BCUT2D eigenvalue weighted by molar-refractivity contribution is 6.50. The van der Waals surface area contributed by atoms with Crippen LogP contribution < -0.4 is 0 Å². The highest BCUT2D eigenvalue weighted by atomic mass is 35.5. The lowest BCUT2D eigenvalue weighted by atomic mass is 11.0. The number of halogens is 1. The number of hydrogen-bond acceptors (Lipinski definition) is 0. The Bertz CT molecular complexity index is 20.8. The third-order valence-electron chi connectivity index (χ3n) is 0.737. The van der Waals surface area contributed by atoms with Crippen molar-refractivity contribution in [1.82, 2.24) is 0 Å². The molecule has 0 rings (SSSR count). The lowest BCUT2D eigenvalue weighted by Gasteiger charge is -1.83. The number of rotatable bonds is 3. The Morgan fingerprint density at radius 2 is 2.33 bits per heavy atom. The minimum Gasteiger partial charge on any atom is -0.131 e. The van der Waals surface area contributed by atoms with Crippen LogP contribution in [-0.4, -0.2) is 25.3 Å². The van der Waals surface area contributed by atoms with E-state index in [0.29, 0.717) is 0 Å². The van der Waals surface area contributed by atoms with Gasteiger partial charge in [0.15, 0.2) is 0 Å². The molecule has 0 heterocycles. The van der Waals surface area contributed by atoms with Crippen molar-refractivity contribution in [1.29, 1.82) is 0 Å². The van der Waals surface area contributed by atoms with Gasteiger partial charge in [0.25, 0.3) is 0 Å². The van der Waals surface area contributed by atoms with Crippen molar-refractivity contribution in [3.8, 4) is 0 Å². The van der Waals surface area contributed by atoms with Gasteiger partial charge >= 0.3 is 0 Å². The minimum atomic E-state index is 0.222. The van der Waals surface area contributed by atoms with Crippen LogP contribution in [0.25, 0.3) is 0 Å². The Morgan fingerprint density at radius 3 is 2.50 bits per heavy atom. The van der Waals surface area contributed by atoms with E-state index < -0.39 is 0 Å². The standard InChI is InChI=1S/C3H11ClSi2/c4-3-6-2-1-5/h1-3,6H2,5H3. The van der Waals surface area contributed by atoms with Crippen molar-refractivity contribution >= 4 is 31.4 Å². The molecule has 0 aromatic heterocycles. The predicted octanol–water partition coefficient (Wildman–Crippen LogP) is -0.447. The summed E-state index contributed by atoms with van der Waals surface area (Å²) in [5, 5.41) is 0. The summed E-state index contributed by atoms with van der Waals surface area (Å²) in [4.78, 5) is 0. The maximum absolute atomic E-state index is 5.46. The summed E-state index contributed by atoms with van der Waals surface area (Å²) >= 11 is 5.46. The fourth-order valence-corrected chi connectivity index (χ4v) is 3.10. The second-order valence-electron chi connectivity index (χ2n) is 1.40. The van der Waals surface area contributed by atoms with Crippen molar-refractivity contribution in [3.63, 3.8) is 0 Å². The van der Waals surface area contributed by atoms with Crippen molar-refractivity contribution in [2.75, 3.05) is 5.50 Å². The van der Waals surface area contributed by atoms with Gasteiger partial charge in [0.05, 0.1) is 0 Å². The third-order valence-corrected chi connectivity index (χ3v) is 5.13. The first-order valence-electron chi connectivity index (χ1n) is 2.47. The lowest BCUT2D eigenvalue weighted by molar-refractivity contribution is 1.43. The Balaban J connectivity index is 2.34. The molecule has 0 saturated heterocycles. The summed E-state index contributed by atoms with van der Waals surface area (Å²) in [5.74, 6) is 0. The van der Waals surface area contributed by atoms with Crippen molar-refractivity contribution < 1.29 is 0 Å². The van der Waals surface area contributed by atoms with Gasteiger partial charge in [0.1, 0.15) is 0 Å². The molecule has 0 aliphatic rings. The predicted molar refractivity (Wildman–Crippen MR) is 38.8 cm³/mol. The van der Waals surface area contributed by atoms with Crippen LogP contribution in [0.3, 0.4) is 0 Å². The molecule has 0 N–H and O–H groups in total. The first kappa shape index (κ1) is 6.72. The van der Waals surface area contributed by atoms with Crippen molar-refractivity contribution in [2.24, 2.45) is 0 Å². The van der Waals surface area contributed by atoms with Gasteiger partial charge in [0.2, 0.25) is 0 Å². The van der Waals surface area contributed by atoms with Crippen LogP contribution in [0.15, 0.2) is 0 Å². The van der Waals surface area contributed by atoms with Crippen LogP contribution in [0, 0.1) is 0 Å². The molecule has 0 radical (unpaired) electrons. The second kappa shape index (κ2) is 5.72. The van der Waals surface area contributed by atoms with E-state index in [9.17, 15) is 0 Å². The van der Waals surface area contributed by atoms with E-state index in [4.69, 9.17) is 11.6 Å². The highest BCUT2D eigenvalue weighted by Crippen LogP contribution is 1.83. The van der Waals surface area contributed by atoms with E-state index in [1.807, 2.05) is 0 Å². The molecule has 0 spiro atoms. The van der Waals surface area contributed by atoms with Crippen LogP contribution in [0.5, 0.6) is 0 Å². The smallest absolute Gasteiger partial charge is 0.0375 e. The van der Waals surface area contributed by atoms with Crippen LogP contribution in [0.2, 0.25) is 12.1 Å². The summed E-state index contributed by atoms with van der Waals surface area (Å²) in [6.07, 6.45) is 0. The van der Waals surface area contributed by atoms with E-state index in [1.54, 1.807) is 0 Å². The maximum Gasteiger partial charge on any atom is 0.0375 e. The zero-order chi connectivity index (χ0) is 4.83. The monoisotopic (exact) mass is 138 g/mol. The Morgan fingerprint density at radius 1 is 1.67 bits per heavy atom. The molecular weight excluding hydrogens is 128 g/mol. The third kappa shape index (κ3) is 4.72. The molecule has 0 nitrogen and oxygen atoms in total. The molecule has 0 saturated carbocycles. The molecule has 0 aromatic rings. The molecule has 0 unspecified atom stereocenters. The normalized spacial score (nSPS) is 11.5. The summed E-state index contributed by atoms with van der Waals surface area (Å²) in [5.41, 5.74) is 0.988. The quantitative estimate of drug-likeness (QED) is 0.282. The second-order valence-corrected chi connectivity index (χ2v) is 5.32. The summed E-state index contributed by atoms with van der Waals surface area (Å²) in [6.45, 7) is 0. The Hall–Kier alpha value is 0.724. The maximum atomic E-state index is 5.46. The summed E-state index contributed by atoms with van der Waals surface area (Å²) in [7, 11) is 1.60. The lowest BCUT2D eigenvalue weighted by Crippen LogP contribution is -1.88. The van der Waals surface area contributed by atoms with Gasteiger partial charge in [-0.1, -0.05) is 12.1 Å². The molecular formula is C3H11ClSi2. The molecule has 0 aliphatic heterocycles.